The highest BCUT2D eigenvalue weighted by Gasteiger charge is 2.25. The summed E-state index contributed by atoms with van der Waals surface area (Å²) in [4.78, 5) is 24.7. The molecule has 0 bridgehead atoms. The Balaban J connectivity index is 1.85. The van der Waals surface area contributed by atoms with E-state index >= 15 is 0 Å². The Morgan fingerprint density at radius 3 is 2.56 bits per heavy atom. The molecule has 1 aromatic heterocycles. The molecule has 1 aliphatic rings. The summed E-state index contributed by atoms with van der Waals surface area (Å²) in [5.74, 6) is 0.0765. The summed E-state index contributed by atoms with van der Waals surface area (Å²) in [5, 5.41) is 23.0. The van der Waals surface area contributed by atoms with Gasteiger partial charge >= 0.3 is 6.09 Å². The molecule has 0 atom stereocenters. The third kappa shape index (κ3) is 4.15. The number of amides is 1. The molecule has 1 saturated heterocycles. The van der Waals surface area contributed by atoms with Crippen molar-refractivity contribution in [1.29, 1.82) is 5.26 Å². The molecule has 1 aliphatic heterocycles. The number of hydrogen-bond acceptors (Lipinski definition) is 5. The number of nitriles is 1. The third-order valence-electron chi connectivity index (χ3n) is 4.16. The lowest BCUT2D eigenvalue weighted by Crippen LogP contribution is -2.41. The van der Waals surface area contributed by atoms with E-state index in [9.17, 15) is 14.9 Å². The molecule has 2 heterocycles. The predicted molar refractivity (Wildman–Crippen MR) is 97.8 cm³/mol. The van der Waals surface area contributed by atoms with Crippen LogP contribution >= 0.6 is 23.2 Å². The average molecular weight is 409 g/mol. The number of rotatable bonds is 3. The number of piperidine rings is 1. The topological polar surface area (TPSA) is 108 Å². The highest BCUT2D eigenvalue weighted by atomic mass is 35.5. The van der Waals surface area contributed by atoms with Gasteiger partial charge in [0.05, 0.1) is 21.8 Å². The lowest BCUT2D eigenvalue weighted by molar-refractivity contribution is 0.0889. The molecule has 0 aliphatic carbocycles. The van der Waals surface area contributed by atoms with Crippen LogP contribution in [0.2, 0.25) is 10.0 Å². The Hall–Kier alpha value is -2.76. The highest BCUT2D eigenvalue weighted by molar-refractivity contribution is 6.42. The van der Waals surface area contributed by atoms with Crippen LogP contribution < -0.4 is 10.3 Å². The van der Waals surface area contributed by atoms with E-state index in [2.05, 4.69) is 5.10 Å². The fourth-order valence-corrected chi connectivity index (χ4v) is 3.05. The van der Waals surface area contributed by atoms with E-state index in [4.69, 9.17) is 33.0 Å². The Morgan fingerprint density at radius 1 is 1.26 bits per heavy atom. The minimum atomic E-state index is -0.975. The molecule has 2 aromatic rings. The van der Waals surface area contributed by atoms with Gasteiger partial charge in [-0.2, -0.15) is 9.94 Å². The number of nitrogens with zero attached hydrogens (tertiary/aromatic N) is 4. The molecular formula is C17H14Cl2N4O4. The highest BCUT2D eigenvalue weighted by Crippen LogP contribution is 2.25. The van der Waals surface area contributed by atoms with E-state index < -0.39 is 11.7 Å². The van der Waals surface area contributed by atoms with E-state index in [1.807, 2.05) is 6.07 Å². The summed E-state index contributed by atoms with van der Waals surface area (Å²) in [6.07, 6.45) is -0.341. The normalized spacial score (nSPS) is 14.6. The van der Waals surface area contributed by atoms with Gasteiger partial charge in [-0.15, -0.1) is 5.10 Å². The molecule has 1 fully saturated rings. The molecule has 0 radical (unpaired) electrons. The minimum Gasteiger partial charge on any atom is -0.487 e. The second-order valence-electron chi connectivity index (χ2n) is 5.90. The number of ether oxygens (including phenoxy) is 1. The Labute approximate surface area is 164 Å². The predicted octanol–water partition coefficient (Wildman–Crippen LogP) is 2.93. The number of aromatic nitrogens is 2. The molecule has 0 unspecified atom stereocenters. The molecular weight excluding hydrogens is 395 g/mol. The van der Waals surface area contributed by atoms with Crippen LogP contribution in [0.15, 0.2) is 29.1 Å². The van der Waals surface area contributed by atoms with Crippen LogP contribution in [-0.2, 0) is 0 Å². The first-order chi connectivity index (χ1) is 12.9. The van der Waals surface area contributed by atoms with Crippen molar-refractivity contribution >= 4 is 29.3 Å². The first kappa shape index (κ1) is 19.0. The zero-order valence-corrected chi connectivity index (χ0v) is 15.4. The van der Waals surface area contributed by atoms with Crippen LogP contribution in [0.25, 0.3) is 5.69 Å². The third-order valence-corrected chi connectivity index (χ3v) is 4.90. The van der Waals surface area contributed by atoms with Crippen LogP contribution in [0.5, 0.6) is 5.75 Å². The van der Waals surface area contributed by atoms with Crippen molar-refractivity contribution in [2.45, 2.75) is 18.9 Å². The van der Waals surface area contributed by atoms with Crippen LogP contribution in [0, 0.1) is 11.3 Å². The summed E-state index contributed by atoms with van der Waals surface area (Å²) in [7, 11) is 0. The Bertz CT molecular complexity index is 978. The van der Waals surface area contributed by atoms with E-state index in [-0.39, 0.29) is 22.6 Å². The van der Waals surface area contributed by atoms with Crippen molar-refractivity contribution in [2.24, 2.45) is 0 Å². The van der Waals surface area contributed by atoms with E-state index in [0.29, 0.717) is 36.6 Å². The second kappa shape index (κ2) is 7.86. The van der Waals surface area contributed by atoms with Crippen molar-refractivity contribution in [3.63, 3.8) is 0 Å². The zero-order chi connectivity index (χ0) is 19.6. The van der Waals surface area contributed by atoms with Gasteiger partial charge in [0, 0.05) is 25.9 Å². The van der Waals surface area contributed by atoms with Crippen LogP contribution in [-0.4, -0.2) is 45.1 Å². The molecule has 1 aromatic carbocycles. The molecule has 1 amide bonds. The summed E-state index contributed by atoms with van der Waals surface area (Å²) in [5.41, 5.74) is -0.182. The lowest BCUT2D eigenvalue weighted by Gasteiger charge is -2.30. The largest absolute Gasteiger partial charge is 0.487 e. The summed E-state index contributed by atoms with van der Waals surface area (Å²) in [6, 6.07) is 7.67. The number of carbonyl (C=O) groups is 1. The first-order valence-electron chi connectivity index (χ1n) is 8.03. The number of carboxylic acid groups (broad SMARTS) is 1. The molecule has 140 valence electrons. The van der Waals surface area contributed by atoms with Gasteiger partial charge in [-0.25, -0.2) is 4.79 Å². The van der Waals surface area contributed by atoms with Gasteiger partial charge in [-0.3, -0.25) is 4.79 Å². The number of halogens is 2. The van der Waals surface area contributed by atoms with Crippen LogP contribution in [0.4, 0.5) is 4.79 Å². The SMILES string of the molecule is N#Cc1nn(-c2ccc(Cl)c(Cl)c2)c(=O)cc1OC1CCN(C(=O)O)CC1. The molecule has 8 nitrogen and oxygen atoms in total. The smallest absolute Gasteiger partial charge is 0.407 e. The molecule has 27 heavy (non-hydrogen) atoms. The van der Waals surface area contributed by atoms with Crippen LogP contribution in [0.3, 0.4) is 0 Å². The van der Waals surface area contributed by atoms with Gasteiger partial charge in [-0.05, 0) is 18.2 Å². The Morgan fingerprint density at radius 2 is 1.96 bits per heavy atom. The molecule has 0 spiro atoms. The van der Waals surface area contributed by atoms with Gasteiger partial charge in [0.15, 0.2) is 5.75 Å². The number of likely N-dealkylation sites (tertiary alicyclic amines) is 1. The summed E-state index contributed by atoms with van der Waals surface area (Å²) >= 11 is 11.9. The maximum absolute atomic E-state index is 12.4. The molecule has 1 N–H and O–H groups in total. The standard InChI is InChI=1S/C17H14Cl2N4O4/c18-12-2-1-10(7-13(12)19)23-16(24)8-15(14(9-20)21-23)27-11-3-5-22(6-4-11)17(25)26/h1-2,7-8,11H,3-6H2,(H,25,26). The van der Waals surface area contributed by atoms with Gasteiger partial charge in [0.2, 0.25) is 5.69 Å². The second-order valence-corrected chi connectivity index (χ2v) is 6.72. The fourth-order valence-electron chi connectivity index (χ4n) is 2.75. The van der Waals surface area contributed by atoms with Gasteiger partial charge < -0.3 is 14.7 Å². The van der Waals surface area contributed by atoms with Crippen molar-refractivity contribution in [2.75, 3.05) is 13.1 Å². The monoisotopic (exact) mass is 408 g/mol. The fraction of sp³-hybridized carbons (Fsp3) is 0.294. The van der Waals surface area contributed by atoms with Gasteiger partial charge in [0.25, 0.3) is 5.56 Å². The maximum Gasteiger partial charge on any atom is 0.407 e. The van der Waals surface area contributed by atoms with Crippen molar-refractivity contribution in [1.82, 2.24) is 14.7 Å². The van der Waals surface area contributed by atoms with Gasteiger partial charge in [0.1, 0.15) is 12.2 Å². The molecule has 10 heteroatoms. The minimum absolute atomic E-state index is 0.0543. The summed E-state index contributed by atoms with van der Waals surface area (Å²) < 4.78 is 6.80. The van der Waals surface area contributed by atoms with Crippen molar-refractivity contribution in [3.05, 3.63) is 50.4 Å². The number of benzene rings is 1. The lowest BCUT2D eigenvalue weighted by atomic mass is 10.1. The maximum atomic E-state index is 12.4. The van der Waals surface area contributed by atoms with E-state index in [1.54, 1.807) is 6.07 Å². The molecule has 0 saturated carbocycles. The average Bonchev–Trinajstić information content (AvgIpc) is 2.65. The van der Waals surface area contributed by atoms with E-state index in [1.165, 1.54) is 23.1 Å². The molecule has 3 rings (SSSR count). The van der Waals surface area contributed by atoms with E-state index in [0.717, 1.165) is 4.68 Å². The van der Waals surface area contributed by atoms with Gasteiger partial charge in [-0.1, -0.05) is 23.2 Å². The zero-order valence-electron chi connectivity index (χ0n) is 13.9. The quantitative estimate of drug-likeness (QED) is 0.835. The summed E-state index contributed by atoms with van der Waals surface area (Å²) in [6.45, 7) is 0.658. The van der Waals surface area contributed by atoms with Crippen molar-refractivity contribution in [3.8, 4) is 17.5 Å². The Kier molecular flexibility index (Phi) is 5.54. The van der Waals surface area contributed by atoms with Crippen LogP contribution in [0.1, 0.15) is 18.5 Å². The first-order valence-corrected chi connectivity index (χ1v) is 8.79. The van der Waals surface area contributed by atoms with Crippen molar-refractivity contribution < 1.29 is 14.6 Å². The number of hydrogen-bond donors (Lipinski definition) is 1.